The minimum absolute atomic E-state index is 0.0140. The summed E-state index contributed by atoms with van der Waals surface area (Å²) in [6.45, 7) is 15.0. The Kier molecular flexibility index (Phi) is 9.79. The number of hydrogen-bond acceptors (Lipinski definition) is 9. The van der Waals surface area contributed by atoms with Gasteiger partial charge < -0.3 is 30.0 Å². The summed E-state index contributed by atoms with van der Waals surface area (Å²) in [5.74, 6) is 0.141. The van der Waals surface area contributed by atoms with Crippen molar-refractivity contribution in [2.24, 2.45) is 0 Å². The summed E-state index contributed by atoms with van der Waals surface area (Å²) in [6, 6.07) is 6.92. The SMILES string of the molecule is CCOc1ccc(N(C(=O)OC(C)(C)C)c2c(C)c(NC3CCC(NC(=O)OC(C)(C)C)CC3)nc3c(C(=O)O)cnn23)cc1. The van der Waals surface area contributed by atoms with Crippen molar-refractivity contribution in [1.29, 1.82) is 0 Å². The largest absolute Gasteiger partial charge is 0.494 e. The average molecular weight is 625 g/mol. The molecule has 2 heterocycles. The zero-order chi connectivity index (χ0) is 33.1. The van der Waals surface area contributed by atoms with E-state index in [0.29, 0.717) is 42.3 Å². The van der Waals surface area contributed by atoms with Crippen molar-refractivity contribution in [3.05, 3.63) is 41.6 Å². The van der Waals surface area contributed by atoms with E-state index in [-0.39, 0.29) is 29.1 Å². The van der Waals surface area contributed by atoms with E-state index >= 15 is 0 Å². The van der Waals surface area contributed by atoms with Crippen LogP contribution in [0.25, 0.3) is 5.65 Å². The minimum Gasteiger partial charge on any atom is -0.494 e. The van der Waals surface area contributed by atoms with Crippen LogP contribution in [0.2, 0.25) is 0 Å². The number of nitrogens with zero attached hydrogens (tertiary/aromatic N) is 4. The second kappa shape index (κ2) is 13.2. The summed E-state index contributed by atoms with van der Waals surface area (Å²) in [7, 11) is 0. The lowest BCUT2D eigenvalue weighted by molar-refractivity contribution is 0.0490. The van der Waals surface area contributed by atoms with Crippen LogP contribution in [0.4, 0.5) is 26.9 Å². The molecule has 2 amide bonds. The zero-order valence-electron chi connectivity index (χ0n) is 27.3. The first kappa shape index (κ1) is 33.3. The number of amides is 2. The number of carboxylic acid groups (broad SMARTS) is 1. The highest BCUT2D eigenvalue weighted by atomic mass is 16.6. The van der Waals surface area contributed by atoms with Crippen molar-refractivity contribution >= 4 is 41.1 Å². The number of benzene rings is 1. The molecule has 0 unspecified atom stereocenters. The molecule has 0 bridgehead atoms. The highest BCUT2D eigenvalue weighted by molar-refractivity contribution is 5.99. The first-order valence-electron chi connectivity index (χ1n) is 15.2. The van der Waals surface area contributed by atoms with Gasteiger partial charge in [0.15, 0.2) is 11.5 Å². The summed E-state index contributed by atoms with van der Waals surface area (Å²) < 4.78 is 18.2. The second-order valence-corrected chi connectivity index (χ2v) is 13.1. The summed E-state index contributed by atoms with van der Waals surface area (Å²) in [6.07, 6.45) is 2.99. The Labute approximate surface area is 263 Å². The van der Waals surface area contributed by atoms with Crippen LogP contribution in [-0.2, 0) is 9.47 Å². The Morgan fingerprint density at radius 1 is 0.978 bits per heavy atom. The molecule has 2 aromatic heterocycles. The number of rotatable bonds is 8. The Morgan fingerprint density at radius 3 is 2.13 bits per heavy atom. The van der Waals surface area contributed by atoms with Crippen LogP contribution in [0.1, 0.15) is 90.1 Å². The van der Waals surface area contributed by atoms with E-state index < -0.39 is 29.4 Å². The molecule has 0 saturated heterocycles. The van der Waals surface area contributed by atoms with Gasteiger partial charge in [-0.2, -0.15) is 9.61 Å². The van der Waals surface area contributed by atoms with E-state index in [2.05, 4.69) is 20.7 Å². The first-order valence-corrected chi connectivity index (χ1v) is 15.2. The van der Waals surface area contributed by atoms with Gasteiger partial charge in [-0.25, -0.2) is 24.3 Å². The number of carbonyl (C=O) groups is 3. The molecule has 3 aromatic rings. The zero-order valence-corrected chi connectivity index (χ0v) is 27.3. The summed E-state index contributed by atoms with van der Waals surface area (Å²) in [5.41, 5.74) is -0.398. The Balaban J connectivity index is 1.72. The summed E-state index contributed by atoms with van der Waals surface area (Å²) >= 11 is 0. The maximum atomic E-state index is 13.8. The highest BCUT2D eigenvalue weighted by Gasteiger charge is 2.32. The normalized spacial score (nSPS) is 17.0. The van der Waals surface area contributed by atoms with E-state index in [1.807, 2.05) is 27.7 Å². The van der Waals surface area contributed by atoms with Crippen molar-refractivity contribution in [1.82, 2.24) is 19.9 Å². The number of fused-ring (bicyclic) bond motifs is 1. The molecule has 0 spiro atoms. The van der Waals surface area contributed by atoms with Crippen molar-refractivity contribution in [3.8, 4) is 5.75 Å². The summed E-state index contributed by atoms with van der Waals surface area (Å²) in [5, 5.41) is 20.7. The van der Waals surface area contributed by atoms with Crippen LogP contribution in [-0.4, -0.2) is 67.8 Å². The lowest BCUT2D eigenvalue weighted by Crippen LogP contribution is -2.42. The maximum Gasteiger partial charge on any atom is 0.420 e. The standard InChI is InChI=1S/C32H44N6O7/c1-9-43-23-16-14-22(15-17-23)37(30(42)45-32(6,7)8)27-19(2)25(36-26-24(28(39)40)18-33-38(26)27)34-20-10-12-21(13-11-20)35-29(41)44-31(3,4)5/h14-18,20-21H,9-13H2,1-8H3,(H,34,36)(H,35,41)(H,39,40). The lowest BCUT2D eigenvalue weighted by Gasteiger charge is -2.32. The topological polar surface area (TPSA) is 157 Å². The van der Waals surface area contributed by atoms with Gasteiger partial charge >= 0.3 is 18.2 Å². The predicted molar refractivity (Wildman–Crippen MR) is 170 cm³/mol. The van der Waals surface area contributed by atoms with Gasteiger partial charge in [-0.1, -0.05) is 0 Å². The molecule has 1 fully saturated rings. The third-order valence-corrected chi connectivity index (χ3v) is 7.07. The van der Waals surface area contributed by atoms with Crippen LogP contribution in [0.3, 0.4) is 0 Å². The van der Waals surface area contributed by atoms with Crippen molar-refractivity contribution in [3.63, 3.8) is 0 Å². The second-order valence-electron chi connectivity index (χ2n) is 13.1. The van der Waals surface area contributed by atoms with Crippen molar-refractivity contribution < 1.29 is 33.7 Å². The molecule has 45 heavy (non-hydrogen) atoms. The summed E-state index contributed by atoms with van der Waals surface area (Å²) in [4.78, 5) is 44.4. The molecule has 1 saturated carbocycles. The van der Waals surface area contributed by atoms with Crippen LogP contribution in [0, 0.1) is 6.92 Å². The van der Waals surface area contributed by atoms with E-state index in [4.69, 9.17) is 14.2 Å². The monoisotopic (exact) mass is 624 g/mol. The number of aromatic carboxylic acids is 1. The molecule has 0 radical (unpaired) electrons. The Bertz CT molecular complexity index is 1530. The molecule has 0 atom stereocenters. The van der Waals surface area contributed by atoms with Crippen LogP contribution in [0.15, 0.2) is 30.5 Å². The fourth-order valence-corrected chi connectivity index (χ4v) is 5.14. The molecule has 13 heteroatoms. The predicted octanol–water partition coefficient (Wildman–Crippen LogP) is 6.46. The van der Waals surface area contributed by atoms with E-state index in [0.717, 1.165) is 12.8 Å². The quantitative estimate of drug-likeness (QED) is 0.254. The lowest BCUT2D eigenvalue weighted by atomic mass is 9.91. The van der Waals surface area contributed by atoms with Gasteiger partial charge in [0, 0.05) is 17.6 Å². The number of ether oxygens (including phenoxy) is 3. The van der Waals surface area contributed by atoms with E-state index in [1.54, 1.807) is 52.0 Å². The number of alkyl carbamates (subject to hydrolysis) is 1. The number of anilines is 3. The van der Waals surface area contributed by atoms with E-state index in [1.165, 1.54) is 15.6 Å². The number of aromatic nitrogens is 3. The number of carbonyl (C=O) groups excluding carboxylic acids is 2. The third kappa shape index (κ3) is 8.34. The average Bonchev–Trinajstić information content (AvgIpc) is 3.34. The number of hydrogen-bond donors (Lipinski definition) is 3. The number of carboxylic acids is 1. The molecule has 244 valence electrons. The Hall–Kier alpha value is -4.55. The van der Waals surface area contributed by atoms with Crippen LogP contribution < -0.4 is 20.3 Å². The van der Waals surface area contributed by atoms with Gasteiger partial charge in [-0.3, -0.25) is 0 Å². The van der Waals surface area contributed by atoms with Gasteiger partial charge in [0.05, 0.1) is 18.5 Å². The fourth-order valence-electron chi connectivity index (χ4n) is 5.14. The van der Waals surface area contributed by atoms with Gasteiger partial charge in [0.25, 0.3) is 0 Å². The molecular formula is C32H44N6O7. The first-order chi connectivity index (χ1) is 21.1. The van der Waals surface area contributed by atoms with Gasteiger partial charge in [0.2, 0.25) is 0 Å². The van der Waals surface area contributed by atoms with Crippen molar-refractivity contribution in [2.75, 3.05) is 16.8 Å². The Morgan fingerprint density at radius 2 is 1.58 bits per heavy atom. The molecular weight excluding hydrogens is 580 g/mol. The molecule has 4 rings (SSSR count). The minimum atomic E-state index is -1.20. The molecule has 13 nitrogen and oxygen atoms in total. The van der Waals surface area contributed by atoms with Crippen molar-refractivity contribution in [2.45, 2.75) is 104 Å². The smallest absolute Gasteiger partial charge is 0.420 e. The fraction of sp³-hybridized carbons (Fsp3) is 0.531. The van der Waals surface area contributed by atoms with Gasteiger partial charge in [-0.15, -0.1) is 0 Å². The molecule has 3 N–H and O–H groups in total. The van der Waals surface area contributed by atoms with Crippen LogP contribution >= 0.6 is 0 Å². The van der Waals surface area contributed by atoms with Gasteiger partial charge in [0.1, 0.15) is 28.3 Å². The molecule has 1 aliphatic rings. The molecule has 0 aliphatic heterocycles. The molecule has 1 aliphatic carbocycles. The molecule has 1 aromatic carbocycles. The third-order valence-electron chi connectivity index (χ3n) is 7.07. The van der Waals surface area contributed by atoms with E-state index in [9.17, 15) is 19.5 Å². The maximum absolute atomic E-state index is 13.8. The highest BCUT2D eigenvalue weighted by Crippen LogP contribution is 2.36. The van der Waals surface area contributed by atoms with Gasteiger partial charge in [-0.05, 0) is 105 Å². The number of nitrogens with one attached hydrogen (secondary N) is 2. The van der Waals surface area contributed by atoms with Crippen LogP contribution in [0.5, 0.6) is 5.75 Å².